The van der Waals surface area contributed by atoms with Crippen LogP contribution in [0, 0.1) is 7.43 Å². The molecule has 4 heteroatoms. The summed E-state index contributed by atoms with van der Waals surface area (Å²) >= 11 is 3.35. The molecule has 0 aliphatic carbocycles. The fourth-order valence-corrected chi connectivity index (χ4v) is 6.13. The Morgan fingerprint density at radius 2 is 1.15 bits per heavy atom. The van der Waals surface area contributed by atoms with Gasteiger partial charge in [-0.05, 0) is 128 Å². The molecule has 0 amide bonds. The van der Waals surface area contributed by atoms with E-state index in [1.165, 1.54) is 104 Å². The maximum absolute atomic E-state index is 5.08. The molecule has 0 bridgehead atoms. The van der Waals surface area contributed by atoms with Crippen LogP contribution >= 0.6 is 10.2 Å². The number of benzene rings is 3. The van der Waals surface area contributed by atoms with Gasteiger partial charge in [0.05, 0.1) is 17.1 Å². The van der Waals surface area contributed by atoms with E-state index in [0.29, 0.717) is 0 Å². The number of nitrogens with zero attached hydrogens (tertiary/aromatic N) is 2. The van der Waals surface area contributed by atoms with Crippen molar-refractivity contribution in [2.75, 3.05) is 0 Å². The molecule has 0 aliphatic heterocycles. The molecule has 0 aliphatic rings. The summed E-state index contributed by atoms with van der Waals surface area (Å²) in [6.45, 7) is 13.5. The fourth-order valence-electron chi connectivity index (χ4n) is 6.13. The van der Waals surface area contributed by atoms with Gasteiger partial charge in [0.1, 0.15) is 0 Å². The molecule has 46 heavy (non-hydrogen) atoms. The van der Waals surface area contributed by atoms with Crippen molar-refractivity contribution in [1.29, 1.82) is 0 Å². The van der Waals surface area contributed by atoms with E-state index in [1.54, 1.807) is 5.56 Å². The molecular weight excluding hydrogens is 627 g/mol. The summed E-state index contributed by atoms with van der Waals surface area (Å²) in [6, 6.07) is 20.3. The summed E-state index contributed by atoms with van der Waals surface area (Å²) in [4.78, 5) is 10.1. The second-order valence-corrected chi connectivity index (χ2v) is 12.2. The molecule has 257 valence electrons. The van der Waals surface area contributed by atoms with Gasteiger partial charge in [-0.25, -0.2) is 0 Å². The number of aryl methyl sites for hydroxylation is 4. The van der Waals surface area contributed by atoms with E-state index in [2.05, 4.69) is 121 Å². The summed E-state index contributed by atoms with van der Waals surface area (Å²) < 4.78 is 0. The Labute approximate surface area is 295 Å². The first-order chi connectivity index (χ1) is 22.0. The van der Waals surface area contributed by atoms with Crippen molar-refractivity contribution in [3.63, 3.8) is 0 Å². The molecule has 0 saturated carbocycles. The quantitative estimate of drug-likeness (QED) is 0.0519. The van der Waals surface area contributed by atoms with Crippen LogP contribution in [0.2, 0.25) is 0 Å². The van der Waals surface area contributed by atoms with E-state index in [9.17, 15) is 0 Å². The molecule has 0 saturated heterocycles. The van der Waals surface area contributed by atoms with Gasteiger partial charge in [-0.1, -0.05) is 103 Å². The first kappa shape index (κ1) is 41.8. The topological polar surface area (TPSA) is 24.7 Å². The van der Waals surface area contributed by atoms with Crippen molar-refractivity contribution in [2.24, 2.45) is 9.98 Å². The van der Waals surface area contributed by atoms with Gasteiger partial charge in [-0.3, -0.25) is 9.98 Å². The van der Waals surface area contributed by atoms with E-state index in [4.69, 9.17) is 9.98 Å². The average Bonchev–Trinajstić information content (AvgIpc) is 3.07. The van der Waals surface area contributed by atoms with Crippen LogP contribution in [0.4, 0.5) is 11.4 Å². The molecular formula is C42H61ClN2Ni-. The molecule has 0 radical (unpaired) electrons. The van der Waals surface area contributed by atoms with Crippen molar-refractivity contribution in [3.05, 3.63) is 89.8 Å². The number of hydrogen-bond acceptors (Lipinski definition) is 2. The predicted molar refractivity (Wildman–Crippen MR) is 205 cm³/mol. The zero-order chi connectivity index (χ0) is 32.9. The summed E-state index contributed by atoms with van der Waals surface area (Å²) in [7, 11) is 4.26. The van der Waals surface area contributed by atoms with Gasteiger partial charge in [-0.2, -0.15) is 0 Å². The van der Waals surface area contributed by atoms with Crippen LogP contribution in [0.3, 0.4) is 0 Å². The molecule has 3 aromatic rings. The predicted octanol–water partition coefficient (Wildman–Crippen LogP) is 13.7. The summed E-state index contributed by atoms with van der Waals surface area (Å²) in [5, 5.41) is 0. The third-order valence-corrected chi connectivity index (χ3v) is 8.53. The number of hydrogen-bond donors (Lipinski definition) is 0. The van der Waals surface area contributed by atoms with Crippen molar-refractivity contribution in [1.82, 2.24) is 0 Å². The molecule has 3 rings (SSSR count). The summed E-state index contributed by atoms with van der Waals surface area (Å²) in [5.41, 5.74) is 13.3. The average molecular weight is 688 g/mol. The summed E-state index contributed by atoms with van der Waals surface area (Å²) in [6.07, 6.45) is 20.0. The Morgan fingerprint density at radius 1 is 0.630 bits per heavy atom. The SMILES string of the molecule is CCCCCCc1c(CC)cc(N=C(C)C=Nc2cc(CCCC)c(-c3ccccc3)c(CCCC)c2)cc1CCCC.[CH3-].[Cl][Ni]. The van der Waals surface area contributed by atoms with Crippen molar-refractivity contribution in [3.8, 4) is 11.1 Å². The zero-order valence-corrected chi connectivity index (χ0v) is 31.7. The molecule has 0 fully saturated rings. The Morgan fingerprint density at radius 3 is 1.70 bits per heavy atom. The van der Waals surface area contributed by atoms with E-state index < -0.39 is 0 Å². The van der Waals surface area contributed by atoms with Crippen LogP contribution in [0.5, 0.6) is 0 Å². The minimum atomic E-state index is 0. The van der Waals surface area contributed by atoms with Gasteiger partial charge in [0, 0.05) is 6.21 Å². The van der Waals surface area contributed by atoms with Gasteiger partial charge in [-0.15, -0.1) is 0 Å². The molecule has 0 N–H and O–H groups in total. The zero-order valence-electron chi connectivity index (χ0n) is 30.0. The molecule has 2 nitrogen and oxygen atoms in total. The number of rotatable bonds is 19. The van der Waals surface area contributed by atoms with Gasteiger partial charge in [0.25, 0.3) is 0 Å². The van der Waals surface area contributed by atoms with Crippen LogP contribution in [0.15, 0.2) is 64.6 Å². The second-order valence-electron chi connectivity index (χ2n) is 12.2. The molecule has 3 aromatic carbocycles. The van der Waals surface area contributed by atoms with Crippen LogP contribution < -0.4 is 0 Å². The molecule has 0 unspecified atom stereocenters. The molecule has 0 atom stereocenters. The Bertz CT molecular complexity index is 1280. The van der Waals surface area contributed by atoms with Crippen molar-refractivity contribution in [2.45, 2.75) is 138 Å². The van der Waals surface area contributed by atoms with Gasteiger partial charge < -0.3 is 7.43 Å². The molecule has 0 heterocycles. The summed E-state index contributed by atoms with van der Waals surface area (Å²) in [5.74, 6) is 0. The Balaban J connectivity index is 0.00000346. The third-order valence-electron chi connectivity index (χ3n) is 8.53. The van der Waals surface area contributed by atoms with Crippen LogP contribution in [-0.2, 0) is 46.7 Å². The second kappa shape index (κ2) is 24.9. The number of halogens is 1. The van der Waals surface area contributed by atoms with Gasteiger partial charge in [0.15, 0.2) is 0 Å². The Hall–Kier alpha value is -2.22. The molecule has 0 aromatic heterocycles. The van der Waals surface area contributed by atoms with Crippen LogP contribution in [0.25, 0.3) is 11.1 Å². The van der Waals surface area contributed by atoms with E-state index in [1.807, 2.05) is 6.21 Å². The number of unbranched alkanes of at least 4 members (excludes halogenated alkanes) is 6. The molecule has 0 spiro atoms. The number of aliphatic imine (C=N–C) groups is 2. The first-order valence-electron chi connectivity index (χ1n) is 17.6. The Kier molecular flexibility index (Phi) is 22.6. The van der Waals surface area contributed by atoms with Crippen LogP contribution in [0.1, 0.15) is 134 Å². The van der Waals surface area contributed by atoms with E-state index >= 15 is 0 Å². The first-order valence-corrected chi connectivity index (χ1v) is 19.0. The fraction of sp³-hybridized carbons (Fsp3) is 0.500. The third kappa shape index (κ3) is 13.9. The normalized spacial score (nSPS) is 11.4. The standard InChI is InChI=1S/C41H58N2.CH3.ClH.Ni/c1-7-12-16-20-26-40-33(11-5)27-39(28-35(40)21-13-8-2)43-32(6)31-42-38-29-36(22-14-9-3)41(34-24-18-17-19-25-34)37(30-38)23-15-10-4;;;/h17-19,24-25,27-31H,7-16,20-23,26H2,1-6H3;1H3;1H;/q;-1;;+1/p-1. The maximum atomic E-state index is 5.08. The minimum absolute atomic E-state index is 0. The van der Waals surface area contributed by atoms with Gasteiger partial charge in [0.2, 0.25) is 0 Å². The van der Waals surface area contributed by atoms with E-state index in [-0.39, 0.29) is 7.43 Å². The van der Waals surface area contributed by atoms with E-state index in [0.717, 1.165) is 42.8 Å². The van der Waals surface area contributed by atoms with Crippen molar-refractivity contribution >= 4 is 33.5 Å². The van der Waals surface area contributed by atoms with Gasteiger partial charge >= 0.3 is 24.8 Å². The van der Waals surface area contributed by atoms with Crippen molar-refractivity contribution < 1.29 is 14.6 Å². The monoisotopic (exact) mass is 686 g/mol. The van der Waals surface area contributed by atoms with Crippen LogP contribution in [-0.4, -0.2) is 11.9 Å².